The Morgan fingerprint density at radius 2 is 1.96 bits per heavy atom. The first-order valence-corrected chi connectivity index (χ1v) is 8.97. The molecule has 2 aromatic rings. The van der Waals surface area contributed by atoms with Crippen molar-refractivity contribution in [2.45, 2.75) is 31.3 Å². The van der Waals surface area contributed by atoms with Crippen LogP contribution in [0, 0.1) is 10.1 Å². The maximum atomic E-state index is 12.3. The molecule has 6 nitrogen and oxygen atoms in total. The molecule has 0 spiro atoms. The quantitative estimate of drug-likeness (QED) is 0.667. The molecule has 27 heavy (non-hydrogen) atoms. The van der Waals surface area contributed by atoms with Crippen LogP contribution in [0.2, 0.25) is 0 Å². The van der Waals surface area contributed by atoms with Gasteiger partial charge in [0.05, 0.1) is 4.92 Å². The number of hydrogen-bond donors (Lipinski definition) is 1. The van der Waals surface area contributed by atoms with E-state index in [-0.39, 0.29) is 17.0 Å². The molecule has 0 aromatic heterocycles. The minimum atomic E-state index is -0.712. The fraction of sp³-hybridized carbons (Fsp3) is 0.286. The summed E-state index contributed by atoms with van der Waals surface area (Å²) in [5, 5.41) is 14.3. The maximum absolute atomic E-state index is 12.3. The van der Waals surface area contributed by atoms with E-state index in [0.29, 0.717) is 13.0 Å². The summed E-state index contributed by atoms with van der Waals surface area (Å²) >= 11 is 0. The van der Waals surface area contributed by atoms with Crippen molar-refractivity contribution >= 4 is 23.4 Å². The van der Waals surface area contributed by atoms with E-state index in [1.54, 1.807) is 6.07 Å². The van der Waals surface area contributed by atoms with E-state index in [4.69, 9.17) is 0 Å². The lowest BCUT2D eigenvalue weighted by atomic mass is 9.74. The fourth-order valence-electron chi connectivity index (χ4n) is 4.28. The van der Waals surface area contributed by atoms with Gasteiger partial charge < -0.3 is 10.2 Å². The van der Waals surface area contributed by atoms with E-state index in [2.05, 4.69) is 36.2 Å². The fourth-order valence-corrected chi connectivity index (χ4v) is 4.28. The van der Waals surface area contributed by atoms with Crippen LogP contribution in [0.1, 0.15) is 31.4 Å². The molecule has 1 unspecified atom stereocenters. The smallest absolute Gasteiger partial charge is 0.270 e. The van der Waals surface area contributed by atoms with Crippen molar-refractivity contribution in [1.82, 2.24) is 5.32 Å². The number of para-hydroxylation sites is 1. The van der Waals surface area contributed by atoms with Crippen LogP contribution < -0.4 is 10.2 Å². The highest BCUT2D eigenvalue weighted by molar-refractivity contribution is 5.84. The minimum Gasteiger partial charge on any atom is -0.344 e. The molecule has 2 aliphatic rings. The molecule has 138 valence electrons. The highest BCUT2D eigenvalue weighted by atomic mass is 16.6. The van der Waals surface area contributed by atoms with Crippen molar-refractivity contribution in [2.24, 2.45) is 0 Å². The van der Waals surface area contributed by atoms with Crippen LogP contribution in [0.4, 0.5) is 11.4 Å². The number of nitrogens with one attached hydrogen (secondary N) is 1. The van der Waals surface area contributed by atoms with Gasteiger partial charge >= 0.3 is 0 Å². The van der Waals surface area contributed by atoms with E-state index >= 15 is 0 Å². The van der Waals surface area contributed by atoms with Crippen molar-refractivity contribution in [3.8, 4) is 0 Å². The number of nitro groups is 1. The van der Waals surface area contributed by atoms with Crippen molar-refractivity contribution in [3.63, 3.8) is 0 Å². The Morgan fingerprint density at radius 1 is 1.19 bits per heavy atom. The van der Waals surface area contributed by atoms with Crippen LogP contribution in [0.3, 0.4) is 0 Å². The standard InChI is InChI=1S/C21H21N3O3/c1-20(2)17-8-3-4-9-18(17)23-13-11-19(25)22-21(20,23)12-10-15-6-5-7-16(14-15)24(26)27/h3-10,12,14H,11,13H2,1-2H3,(H,22,25). The second kappa shape index (κ2) is 5.94. The van der Waals surface area contributed by atoms with Gasteiger partial charge in [-0.15, -0.1) is 0 Å². The molecule has 1 amide bonds. The molecular weight excluding hydrogens is 342 g/mol. The summed E-state index contributed by atoms with van der Waals surface area (Å²) in [7, 11) is 0. The Kier molecular flexibility index (Phi) is 3.80. The number of amides is 1. The zero-order valence-electron chi connectivity index (χ0n) is 15.3. The van der Waals surface area contributed by atoms with Gasteiger partial charge in [0.15, 0.2) is 0 Å². The van der Waals surface area contributed by atoms with E-state index in [1.165, 1.54) is 17.7 Å². The van der Waals surface area contributed by atoms with Crippen LogP contribution in [0.5, 0.6) is 0 Å². The summed E-state index contributed by atoms with van der Waals surface area (Å²) < 4.78 is 0. The lowest BCUT2D eigenvalue weighted by Gasteiger charge is -2.49. The van der Waals surface area contributed by atoms with E-state index in [1.807, 2.05) is 30.4 Å². The van der Waals surface area contributed by atoms with Crippen LogP contribution in [-0.2, 0) is 10.2 Å². The lowest BCUT2D eigenvalue weighted by molar-refractivity contribution is -0.384. The van der Waals surface area contributed by atoms with E-state index in [0.717, 1.165) is 11.3 Å². The number of anilines is 1. The third kappa shape index (κ3) is 2.51. The summed E-state index contributed by atoms with van der Waals surface area (Å²) in [4.78, 5) is 25.2. The number of rotatable bonds is 3. The average molecular weight is 363 g/mol. The predicted octanol–water partition coefficient (Wildman–Crippen LogP) is 3.62. The third-order valence-corrected chi connectivity index (χ3v) is 5.74. The normalized spacial score (nSPS) is 23.0. The number of nitrogens with zero attached hydrogens (tertiary/aromatic N) is 2. The summed E-state index contributed by atoms with van der Waals surface area (Å²) in [5.41, 5.74) is 1.99. The highest BCUT2D eigenvalue weighted by Gasteiger charge is 2.57. The van der Waals surface area contributed by atoms with Gasteiger partial charge in [0.2, 0.25) is 5.91 Å². The summed E-state index contributed by atoms with van der Waals surface area (Å²) in [6, 6.07) is 14.7. The Labute approximate surface area is 157 Å². The molecule has 4 rings (SSSR count). The van der Waals surface area contributed by atoms with Crippen LogP contribution >= 0.6 is 0 Å². The molecule has 1 saturated heterocycles. The molecule has 0 bridgehead atoms. The molecule has 2 heterocycles. The van der Waals surface area contributed by atoms with Gasteiger partial charge in [0.1, 0.15) is 5.66 Å². The number of fused-ring (bicyclic) bond motifs is 3. The molecule has 0 radical (unpaired) electrons. The number of non-ortho nitro benzene ring substituents is 1. The van der Waals surface area contributed by atoms with Gasteiger partial charge in [0.25, 0.3) is 5.69 Å². The van der Waals surface area contributed by atoms with Gasteiger partial charge in [-0.3, -0.25) is 14.9 Å². The molecule has 6 heteroatoms. The van der Waals surface area contributed by atoms with Gasteiger partial charge in [-0.05, 0) is 23.3 Å². The zero-order valence-corrected chi connectivity index (χ0v) is 15.3. The molecule has 2 aromatic carbocycles. The maximum Gasteiger partial charge on any atom is 0.270 e. The van der Waals surface area contributed by atoms with Gasteiger partial charge in [-0.1, -0.05) is 50.3 Å². The number of hydrogen-bond acceptors (Lipinski definition) is 4. The summed E-state index contributed by atoms with van der Waals surface area (Å²) in [6.07, 6.45) is 4.28. The lowest BCUT2D eigenvalue weighted by Crippen LogP contribution is -2.68. The monoisotopic (exact) mass is 363 g/mol. The first-order valence-electron chi connectivity index (χ1n) is 8.97. The van der Waals surface area contributed by atoms with Crippen molar-refractivity contribution in [1.29, 1.82) is 0 Å². The van der Waals surface area contributed by atoms with E-state index in [9.17, 15) is 14.9 Å². The van der Waals surface area contributed by atoms with Crippen LogP contribution in [0.25, 0.3) is 6.08 Å². The Hall–Kier alpha value is -3.15. The first-order chi connectivity index (χ1) is 12.8. The minimum absolute atomic E-state index is 0.0100. The van der Waals surface area contributed by atoms with Gasteiger partial charge in [-0.2, -0.15) is 0 Å². The molecule has 0 saturated carbocycles. The zero-order chi connectivity index (χ0) is 19.2. The van der Waals surface area contributed by atoms with Crippen molar-refractivity contribution in [3.05, 3.63) is 75.8 Å². The van der Waals surface area contributed by atoms with Gasteiger partial charge in [-0.25, -0.2) is 0 Å². The largest absolute Gasteiger partial charge is 0.344 e. The SMILES string of the molecule is CC1(C)c2ccccc2N2CCC(=O)NC21C=Cc1cccc([N+](=O)[O-])c1. The molecule has 1 N–H and O–H groups in total. The second-order valence-corrected chi connectivity index (χ2v) is 7.54. The summed E-state index contributed by atoms with van der Waals surface area (Å²) in [5.74, 6) is 0.0100. The number of carbonyl (C=O) groups is 1. The third-order valence-electron chi connectivity index (χ3n) is 5.74. The Morgan fingerprint density at radius 3 is 2.74 bits per heavy atom. The number of carbonyl (C=O) groups excluding carboxylic acids is 1. The average Bonchev–Trinajstić information content (AvgIpc) is 2.85. The number of benzene rings is 2. The van der Waals surface area contributed by atoms with Crippen molar-refractivity contribution in [2.75, 3.05) is 11.4 Å². The Balaban J connectivity index is 1.82. The highest BCUT2D eigenvalue weighted by Crippen LogP contribution is 2.52. The second-order valence-electron chi connectivity index (χ2n) is 7.54. The molecule has 0 aliphatic carbocycles. The molecule has 1 atom stereocenters. The molecular formula is C21H21N3O3. The topological polar surface area (TPSA) is 75.5 Å². The van der Waals surface area contributed by atoms with E-state index < -0.39 is 10.6 Å². The van der Waals surface area contributed by atoms with Crippen LogP contribution in [-0.4, -0.2) is 23.0 Å². The predicted molar refractivity (Wildman–Crippen MR) is 104 cm³/mol. The Bertz CT molecular complexity index is 967. The summed E-state index contributed by atoms with van der Waals surface area (Å²) in [6.45, 7) is 4.87. The first kappa shape index (κ1) is 17.3. The van der Waals surface area contributed by atoms with Crippen molar-refractivity contribution < 1.29 is 9.72 Å². The van der Waals surface area contributed by atoms with Gasteiger partial charge in [0, 0.05) is 36.2 Å². The number of nitro benzene ring substituents is 1. The van der Waals surface area contributed by atoms with Crippen LogP contribution in [0.15, 0.2) is 54.6 Å². The molecule has 1 fully saturated rings. The molecule has 2 aliphatic heterocycles.